The van der Waals surface area contributed by atoms with Gasteiger partial charge in [0.2, 0.25) is 0 Å². The van der Waals surface area contributed by atoms with E-state index in [0.717, 1.165) is 6.07 Å². The molecule has 0 amide bonds. The number of hydrogen-bond acceptors (Lipinski definition) is 4. The Morgan fingerprint density at radius 2 is 1.89 bits per heavy atom. The van der Waals surface area contributed by atoms with Crippen molar-refractivity contribution in [3.8, 4) is 0 Å². The van der Waals surface area contributed by atoms with Crippen LogP contribution in [0.25, 0.3) is 10.8 Å². The number of hydrogen-bond donors (Lipinski definition) is 1. The average Bonchev–Trinajstić information content (AvgIpc) is 2.35. The van der Waals surface area contributed by atoms with Crippen molar-refractivity contribution in [1.29, 1.82) is 0 Å². The first kappa shape index (κ1) is 12.5. The lowest BCUT2D eigenvalue weighted by molar-refractivity contribution is 0.0600. The van der Waals surface area contributed by atoms with E-state index < -0.39 is 16.1 Å². The van der Waals surface area contributed by atoms with Gasteiger partial charge in [-0.3, -0.25) is 4.55 Å². The van der Waals surface area contributed by atoms with E-state index in [2.05, 4.69) is 4.74 Å². The number of carbonyl (C=O) groups excluding carboxylic acids is 1. The summed E-state index contributed by atoms with van der Waals surface area (Å²) in [5.74, 6) is -0.661. The third-order valence-corrected chi connectivity index (χ3v) is 3.42. The van der Waals surface area contributed by atoms with Gasteiger partial charge in [-0.15, -0.1) is 0 Å². The fraction of sp³-hybridized carbons (Fsp3) is 0.0833. The lowest BCUT2D eigenvalue weighted by Gasteiger charge is -2.06. The topological polar surface area (TPSA) is 80.7 Å². The van der Waals surface area contributed by atoms with Crippen LogP contribution in [0, 0.1) is 0 Å². The van der Waals surface area contributed by atoms with Gasteiger partial charge in [0, 0.05) is 5.39 Å². The van der Waals surface area contributed by atoms with Gasteiger partial charge in [-0.25, -0.2) is 4.79 Å². The van der Waals surface area contributed by atoms with E-state index in [1.54, 1.807) is 24.3 Å². The minimum atomic E-state index is -4.40. The third-order valence-electron chi connectivity index (χ3n) is 2.52. The Morgan fingerprint density at radius 1 is 1.22 bits per heavy atom. The van der Waals surface area contributed by atoms with E-state index in [-0.39, 0.29) is 10.5 Å². The van der Waals surface area contributed by atoms with Crippen LogP contribution in [0.5, 0.6) is 0 Å². The Hall–Kier alpha value is -1.92. The Balaban J connectivity index is 2.85. The molecule has 0 fully saturated rings. The number of methoxy groups -OCH3 is 1. The molecule has 5 nitrogen and oxygen atoms in total. The van der Waals surface area contributed by atoms with E-state index in [9.17, 15) is 17.8 Å². The van der Waals surface area contributed by atoms with Crippen LogP contribution in [0.4, 0.5) is 0 Å². The molecule has 0 spiro atoms. The molecule has 2 rings (SSSR count). The van der Waals surface area contributed by atoms with Crippen molar-refractivity contribution in [2.24, 2.45) is 0 Å². The minimum Gasteiger partial charge on any atom is -0.465 e. The summed E-state index contributed by atoms with van der Waals surface area (Å²) in [6.07, 6.45) is 0. The zero-order chi connectivity index (χ0) is 13.3. The molecule has 2 aromatic rings. The highest BCUT2D eigenvalue weighted by molar-refractivity contribution is 7.86. The van der Waals surface area contributed by atoms with Crippen LogP contribution in [0.3, 0.4) is 0 Å². The molecule has 0 aliphatic rings. The monoisotopic (exact) mass is 266 g/mol. The van der Waals surface area contributed by atoms with Gasteiger partial charge < -0.3 is 4.74 Å². The van der Waals surface area contributed by atoms with Crippen molar-refractivity contribution in [3.05, 3.63) is 42.0 Å². The number of rotatable bonds is 2. The van der Waals surface area contributed by atoms with Crippen molar-refractivity contribution in [3.63, 3.8) is 0 Å². The van der Waals surface area contributed by atoms with E-state index in [4.69, 9.17) is 0 Å². The summed E-state index contributed by atoms with van der Waals surface area (Å²) in [6, 6.07) is 9.17. The highest BCUT2D eigenvalue weighted by atomic mass is 32.2. The molecule has 0 aliphatic carbocycles. The predicted molar refractivity (Wildman–Crippen MR) is 65.1 cm³/mol. The molecule has 0 saturated heterocycles. The molecule has 0 bridgehead atoms. The molecule has 0 saturated carbocycles. The van der Waals surface area contributed by atoms with Crippen LogP contribution in [0.2, 0.25) is 0 Å². The Morgan fingerprint density at radius 3 is 2.50 bits per heavy atom. The van der Waals surface area contributed by atoms with Gasteiger partial charge >= 0.3 is 5.97 Å². The maximum absolute atomic E-state index is 11.4. The van der Waals surface area contributed by atoms with Crippen LogP contribution >= 0.6 is 0 Å². The SMILES string of the molecule is COC(=O)c1cc(S(=O)(=O)O)c2ccccc2c1. The van der Waals surface area contributed by atoms with Gasteiger partial charge in [-0.1, -0.05) is 24.3 Å². The second-order valence-corrected chi connectivity index (χ2v) is 5.05. The van der Waals surface area contributed by atoms with Gasteiger partial charge in [-0.2, -0.15) is 8.42 Å². The van der Waals surface area contributed by atoms with Crippen molar-refractivity contribution in [2.45, 2.75) is 4.90 Å². The summed E-state index contributed by atoms with van der Waals surface area (Å²) in [5, 5.41) is 0.890. The van der Waals surface area contributed by atoms with Gasteiger partial charge in [0.05, 0.1) is 12.7 Å². The second-order valence-electron chi connectivity index (χ2n) is 3.66. The zero-order valence-electron chi connectivity index (χ0n) is 9.45. The lowest BCUT2D eigenvalue weighted by atomic mass is 10.1. The normalized spacial score (nSPS) is 11.4. The maximum Gasteiger partial charge on any atom is 0.337 e. The molecular formula is C12H10O5S. The third kappa shape index (κ3) is 2.20. The Bertz CT molecular complexity index is 718. The van der Waals surface area contributed by atoms with Crippen LogP contribution in [0.15, 0.2) is 41.3 Å². The number of esters is 1. The smallest absolute Gasteiger partial charge is 0.337 e. The first-order chi connectivity index (χ1) is 8.43. The van der Waals surface area contributed by atoms with Gasteiger partial charge in [0.1, 0.15) is 4.90 Å². The first-order valence-corrected chi connectivity index (χ1v) is 6.46. The first-order valence-electron chi connectivity index (χ1n) is 5.02. The van der Waals surface area contributed by atoms with E-state index >= 15 is 0 Å². The van der Waals surface area contributed by atoms with E-state index in [1.807, 2.05) is 0 Å². The average molecular weight is 266 g/mol. The molecule has 1 N–H and O–H groups in total. The molecule has 94 valence electrons. The molecule has 0 heterocycles. The number of carbonyl (C=O) groups is 1. The van der Waals surface area contributed by atoms with Crippen LogP contribution in [-0.2, 0) is 14.9 Å². The van der Waals surface area contributed by atoms with Crippen LogP contribution < -0.4 is 0 Å². The van der Waals surface area contributed by atoms with Crippen molar-refractivity contribution >= 4 is 26.9 Å². The number of benzene rings is 2. The lowest BCUT2D eigenvalue weighted by Crippen LogP contribution is -2.05. The molecule has 0 unspecified atom stereocenters. The fourth-order valence-electron chi connectivity index (χ4n) is 1.72. The second kappa shape index (κ2) is 4.40. The van der Waals surface area contributed by atoms with Gasteiger partial charge in [0.25, 0.3) is 10.1 Å². The molecular weight excluding hydrogens is 256 g/mol. The van der Waals surface area contributed by atoms with E-state index in [1.165, 1.54) is 13.2 Å². The summed E-state index contributed by atoms with van der Waals surface area (Å²) in [6.45, 7) is 0. The van der Waals surface area contributed by atoms with Crippen LogP contribution in [0.1, 0.15) is 10.4 Å². The zero-order valence-corrected chi connectivity index (χ0v) is 10.3. The summed E-state index contributed by atoms with van der Waals surface area (Å²) in [5.41, 5.74) is 0.0730. The summed E-state index contributed by atoms with van der Waals surface area (Å²) in [4.78, 5) is 11.1. The van der Waals surface area contributed by atoms with Crippen LogP contribution in [-0.4, -0.2) is 26.0 Å². The molecule has 2 aromatic carbocycles. The maximum atomic E-state index is 11.4. The Labute approximate surface area is 104 Å². The van der Waals surface area contributed by atoms with E-state index in [0.29, 0.717) is 10.8 Å². The molecule has 0 aromatic heterocycles. The molecule has 0 aliphatic heterocycles. The highest BCUT2D eigenvalue weighted by Gasteiger charge is 2.18. The summed E-state index contributed by atoms with van der Waals surface area (Å²) < 4.78 is 36.4. The van der Waals surface area contributed by atoms with Crippen molar-refractivity contribution in [2.75, 3.05) is 7.11 Å². The standard InChI is InChI=1S/C12H10O5S/c1-17-12(13)9-6-8-4-2-3-5-10(8)11(7-9)18(14,15)16/h2-7H,1H3,(H,14,15,16). The van der Waals surface area contributed by atoms with Gasteiger partial charge in [-0.05, 0) is 17.5 Å². The quantitative estimate of drug-likeness (QED) is 0.663. The molecule has 18 heavy (non-hydrogen) atoms. The van der Waals surface area contributed by atoms with Crippen molar-refractivity contribution < 1.29 is 22.5 Å². The minimum absolute atomic E-state index is 0.0730. The summed E-state index contributed by atoms with van der Waals surface area (Å²) in [7, 11) is -3.20. The molecule has 0 radical (unpaired) electrons. The molecule has 6 heteroatoms. The number of fused-ring (bicyclic) bond motifs is 1. The fourth-order valence-corrected chi connectivity index (χ4v) is 2.46. The van der Waals surface area contributed by atoms with Gasteiger partial charge in [0.15, 0.2) is 0 Å². The number of ether oxygens (including phenoxy) is 1. The summed E-state index contributed by atoms with van der Waals surface area (Å²) >= 11 is 0. The highest BCUT2D eigenvalue weighted by Crippen LogP contribution is 2.25. The Kier molecular flexibility index (Phi) is 3.06. The predicted octanol–water partition coefficient (Wildman–Crippen LogP) is 1.87. The molecule has 0 atom stereocenters. The largest absolute Gasteiger partial charge is 0.465 e. The van der Waals surface area contributed by atoms with Crippen molar-refractivity contribution in [1.82, 2.24) is 0 Å².